The zero-order valence-corrected chi connectivity index (χ0v) is 8.51. The molecular formula is C10H14O2S. The molecule has 0 amide bonds. The van der Waals surface area contributed by atoms with E-state index < -0.39 is 6.10 Å². The summed E-state index contributed by atoms with van der Waals surface area (Å²) < 4.78 is 5.11. The molecule has 0 bridgehead atoms. The second-order valence-electron chi connectivity index (χ2n) is 2.74. The smallest absolute Gasteiger partial charge is 0.135 e. The predicted octanol–water partition coefficient (Wildman–Crippen LogP) is 2.76. The van der Waals surface area contributed by atoms with Gasteiger partial charge in [0.25, 0.3) is 0 Å². The minimum absolute atomic E-state index is 0.423. The van der Waals surface area contributed by atoms with E-state index in [1.54, 1.807) is 7.11 Å². The van der Waals surface area contributed by atoms with Crippen LogP contribution in [0.1, 0.15) is 23.8 Å². The Kier molecular flexibility index (Phi) is 3.99. The van der Waals surface area contributed by atoms with Gasteiger partial charge in [-0.15, -0.1) is 17.9 Å². The van der Waals surface area contributed by atoms with E-state index in [-0.39, 0.29) is 0 Å². The van der Waals surface area contributed by atoms with Gasteiger partial charge < -0.3 is 9.84 Å². The normalized spacial score (nSPS) is 12.5. The van der Waals surface area contributed by atoms with Crippen LogP contribution in [0.2, 0.25) is 0 Å². The first kappa shape index (κ1) is 10.3. The van der Waals surface area contributed by atoms with Gasteiger partial charge in [-0.3, -0.25) is 0 Å². The van der Waals surface area contributed by atoms with Crippen LogP contribution >= 0.6 is 11.3 Å². The van der Waals surface area contributed by atoms with Crippen LogP contribution < -0.4 is 4.74 Å². The van der Waals surface area contributed by atoms with E-state index in [9.17, 15) is 5.11 Å². The third-order valence-corrected chi connectivity index (χ3v) is 2.82. The molecule has 0 aliphatic heterocycles. The van der Waals surface area contributed by atoms with Gasteiger partial charge in [0.1, 0.15) is 5.75 Å². The number of thiophene rings is 1. The molecule has 0 saturated carbocycles. The van der Waals surface area contributed by atoms with Gasteiger partial charge in [-0.2, -0.15) is 0 Å². The molecule has 72 valence electrons. The minimum atomic E-state index is -0.423. The molecule has 3 heteroatoms. The van der Waals surface area contributed by atoms with E-state index in [0.29, 0.717) is 6.42 Å². The summed E-state index contributed by atoms with van der Waals surface area (Å²) in [5, 5.41) is 11.7. The first-order valence-electron chi connectivity index (χ1n) is 4.20. The Hall–Kier alpha value is -0.800. The third kappa shape index (κ3) is 2.57. The number of hydrogen-bond donors (Lipinski definition) is 1. The van der Waals surface area contributed by atoms with E-state index in [4.69, 9.17) is 4.74 Å². The molecule has 1 rings (SSSR count). The second kappa shape index (κ2) is 5.04. The SMILES string of the molecule is C=CCCC(O)c1sccc1OC. The molecule has 0 radical (unpaired) electrons. The Bertz CT molecular complexity index is 268. The average Bonchev–Trinajstić information content (AvgIpc) is 2.61. The lowest BCUT2D eigenvalue weighted by Gasteiger charge is -2.08. The van der Waals surface area contributed by atoms with Crippen molar-refractivity contribution in [3.8, 4) is 5.75 Å². The highest BCUT2D eigenvalue weighted by Crippen LogP contribution is 2.32. The number of methoxy groups -OCH3 is 1. The van der Waals surface area contributed by atoms with Crippen LogP contribution in [0, 0.1) is 0 Å². The predicted molar refractivity (Wildman–Crippen MR) is 55.3 cm³/mol. The Labute approximate surface area is 82.5 Å². The van der Waals surface area contributed by atoms with Crippen molar-refractivity contribution in [2.75, 3.05) is 7.11 Å². The van der Waals surface area contributed by atoms with Crippen molar-refractivity contribution < 1.29 is 9.84 Å². The maximum atomic E-state index is 9.74. The van der Waals surface area contributed by atoms with E-state index in [1.165, 1.54) is 11.3 Å². The number of rotatable bonds is 5. The van der Waals surface area contributed by atoms with Gasteiger partial charge in [0.15, 0.2) is 0 Å². The van der Waals surface area contributed by atoms with Gasteiger partial charge in [-0.25, -0.2) is 0 Å². The van der Waals surface area contributed by atoms with E-state index in [2.05, 4.69) is 6.58 Å². The molecule has 0 fully saturated rings. The van der Waals surface area contributed by atoms with Crippen LogP contribution in [0.25, 0.3) is 0 Å². The van der Waals surface area contributed by atoms with Gasteiger partial charge in [-0.05, 0) is 24.3 Å². The van der Waals surface area contributed by atoms with Crippen molar-refractivity contribution in [1.82, 2.24) is 0 Å². The highest BCUT2D eigenvalue weighted by Gasteiger charge is 2.13. The fraction of sp³-hybridized carbons (Fsp3) is 0.400. The van der Waals surface area contributed by atoms with Gasteiger partial charge in [0.2, 0.25) is 0 Å². The molecule has 0 aliphatic rings. The fourth-order valence-corrected chi connectivity index (χ4v) is 2.01. The van der Waals surface area contributed by atoms with E-state index in [1.807, 2.05) is 17.5 Å². The van der Waals surface area contributed by atoms with Crippen molar-refractivity contribution in [3.63, 3.8) is 0 Å². The topological polar surface area (TPSA) is 29.5 Å². The lowest BCUT2D eigenvalue weighted by molar-refractivity contribution is 0.169. The molecule has 0 aliphatic carbocycles. The summed E-state index contributed by atoms with van der Waals surface area (Å²) in [6.45, 7) is 3.62. The summed E-state index contributed by atoms with van der Waals surface area (Å²) >= 11 is 1.52. The van der Waals surface area contributed by atoms with Crippen molar-refractivity contribution in [3.05, 3.63) is 29.0 Å². The average molecular weight is 198 g/mol. The zero-order valence-electron chi connectivity index (χ0n) is 7.69. The lowest BCUT2D eigenvalue weighted by atomic mass is 10.1. The minimum Gasteiger partial charge on any atom is -0.495 e. The van der Waals surface area contributed by atoms with Gasteiger partial charge in [0.05, 0.1) is 18.1 Å². The first-order valence-corrected chi connectivity index (χ1v) is 5.08. The quantitative estimate of drug-likeness (QED) is 0.737. The largest absolute Gasteiger partial charge is 0.495 e. The molecule has 13 heavy (non-hydrogen) atoms. The Morgan fingerprint density at radius 2 is 2.54 bits per heavy atom. The number of aliphatic hydroxyl groups is 1. The number of allylic oxidation sites excluding steroid dienone is 1. The molecule has 1 aromatic rings. The third-order valence-electron chi connectivity index (χ3n) is 1.82. The van der Waals surface area contributed by atoms with Crippen LogP contribution in [0.15, 0.2) is 24.1 Å². The van der Waals surface area contributed by atoms with Crippen molar-refractivity contribution in [2.24, 2.45) is 0 Å². The van der Waals surface area contributed by atoms with Crippen LogP contribution in [-0.4, -0.2) is 12.2 Å². The number of hydrogen-bond acceptors (Lipinski definition) is 3. The second-order valence-corrected chi connectivity index (χ2v) is 3.68. The van der Waals surface area contributed by atoms with E-state index >= 15 is 0 Å². The van der Waals surface area contributed by atoms with Crippen LogP contribution in [0.5, 0.6) is 5.75 Å². The van der Waals surface area contributed by atoms with Crippen molar-refractivity contribution >= 4 is 11.3 Å². The summed E-state index contributed by atoms with van der Waals surface area (Å²) in [4.78, 5) is 0.907. The van der Waals surface area contributed by atoms with Crippen LogP contribution in [0.3, 0.4) is 0 Å². The molecule has 1 unspecified atom stereocenters. The molecule has 1 N–H and O–H groups in total. The number of aliphatic hydroxyl groups excluding tert-OH is 1. The Balaban J connectivity index is 2.63. The first-order chi connectivity index (χ1) is 6.29. The van der Waals surface area contributed by atoms with Gasteiger partial charge >= 0.3 is 0 Å². The Morgan fingerprint density at radius 3 is 3.15 bits per heavy atom. The maximum absolute atomic E-state index is 9.74. The fourth-order valence-electron chi connectivity index (χ4n) is 1.13. The lowest BCUT2D eigenvalue weighted by Crippen LogP contribution is -1.96. The highest BCUT2D eigenvalue weighted by atomic mass is 32.1. The summed E-state index contributed by atoms with van der Waals surface area (Å²) in [6, 6.07) is 1.87. The summed E-state index contributed by atoms with van der Waals surface area (Å²) in [6.07, 6.45) is 2.92. The van der Waals surface area contributed by atoms with Crippen LogP contribution in [0.4, 0.5) is 0 Å². The van der Waals surface area contributed by atoms with Crippen LogP contribution in [-0.2, 0) is 0 Å². The summed E-state index contributed by atoms with van der Waals surface area (Å²) in [5.74, 6) is 0.779. The molecule has 0 spiro atoms. The zero-order chi connectivity index (χ0) is 9.68. The van der Waals surface area contributed by atoms with Crippen molar-refractivity contribution in [1.29, 1.82) is 0 Å². The highest BCUT2D eigenvalue weighted by molar-refractivity contribution is 7.10. The van der Waals surface area contributed by atoms with Gasteiger partial charge in [-0.1, -0.05) is 6.08 Å². The van der Waals surface area contributed by atoms with E-state index in [0.717, 1.165) is 17.0 Å². The molecule has 0 aromatic carbocycles. The maximum Gasteiger partial charge on any atom is 0.135 e. The van der Waals surface area contributed by atoms with Gasteiger partial charge in [0, 0.05) is 0 Å². The molecule has 2 nitrogen and oxygen atoms in total. The summed E-state index contributed by atoms with van der Waals surface area (Å²) in [5.41, 5.74) is 0. The molecule has 1 atom stereocenters. The molecular weight excluding hydrogens is 184 g/mol. The summed E-state index contributed by atoms with van der Waals surface area (Å²) in [7, 11) is 1.62. The molecule has 1 heterocycles. The monoisotopic (exact) mass is 198 g/mol. The standard InChI is InChI=1S/C10H14O2S/c1-3-4-5-8(11)10-9(12-2)6-7-13-10/h3,6-8,11H,1,4-5H2,2H3. The van der Waals surface area contributed by atoms with Crippen molar-refractivity contribution in [2.45, 2.75) is 18.9 Å². The Morgan fingerprint density at radius 1 is 1.77 bits per heavy atom. The number of ether oxygens (including phenoxy) is 1. The molecule has 0 saturated heterocycles. The molecule has 1 aromatic heterocycles.